The van der Waals surface area contributed by atoms with Crippen LogP contribution in [0.5, 0.6) is 0 Å². The van der Waals surface area contributed by atoms with E-state index in [9.17, 15) is 4.79 Å². The summed E-state index contributed by atoms with van der Waals surface area (Å²) >= 11 is 3.20. The molecule has 116 valence electrons. The first kappa shape index (κ1) is 15.6. The van der Waals surface area contributed by atoms with E-state index in [1.165, 1.54) is 0 Å². The van der Waals surface area contributed by atoms with E-state index < -0.39 is 0 Å². The van der Waals surface area contributed by atoms with Gasteiger partial charge in [0.05, 0.1) is 16.4 Å². The number of carbonyl (C=O) groups excluding carboxylic acids is 1. The van der Waals surface area contributed by atoms with Crippen LogP contribution in [0, 0.1) is 0 Å². The van der Waals surface area contributed by atoms with Gasteiger partial charge in [0.1, 0.15) is 0 Å². The standard InChI is InChI=1S/C17H15N3OS2/c21-16(5-4-13-7-10-22-11-13)19-9-6-17-20-15(12-23-17)14-3-1-2-8-18-14/h1-5,7-8,10-12H,6,9H2,(H,19,21)/b5-4+. The Morgan fingerprint density at radius 1 is 1.22 bits per heavy atom. The van der Waals surface area contributed by atoms with Crippen molar-refractivity contribution in [2.24, 2.45) is 0 Å². The zero-order valence-electron chi connectivity index (χ0n) is 12.3. The molecule has 0 spiro atoms. The highest BCUT2D eigenvalue weighted by atomic mass is 32.1. The first-order chi connectivity index (χ1) is 11.3. The minimum absolute atomic E-state index is 0.0855. The van der Waals surface area contributed by atoms with Crippen LogP contribution in [0.3, 0.4) is 0 Å². The summed E-state index contributed by atoms with van der Waals surface area (Å²) in [6.45, 7) is 0.571. The Morgan fingerprint density at radius 3 is 2.96 bits per heavy atom. The summed E-state index contributed by atoms with van der Waals surface area (Å²) in [7, 11) is 0. The molecule has 23 heavy (non-hydrogen) atoms. The van der Waals surface area contributed by atoms with Crippen LogP contribution < -0.4 is 5.32 Å². The molecule has 0 aliphatic carbocycles. The molecule has 3 aromatic heterocycles. The highest BCUT2D eigenvalue weighted by Crippen LogP contribution is 2.19. The molecule has 0 aliphatic rings. The van der Waals surface area contributed by atoms with Gasteiger partial charge in [0.15, 0.2) is 0 Å². The quantitative estimate of drug-likeness (QED) is 0.697. The molecule has 1 N–H and O–H groups in total. The second kappa shape index (κ2) is 7.80. The highest BCUT2D eigenvalue weighted by Gasteiger charge is 2.05. The smallest absolute Gasteiger partial charge is 0.244 e. The normalized spacial score (nSPS) is 11.0. The lowest BCUT2D eigenvalue weighted by Crippen LogP contribution is -2.23. The first-order valence-electron chi connectivity index (χ1n) is 7.15. The minimum atomic E-state index is -0.0855. The van der Waals surface area contributed by atoms with Gasteiger partial charge in [-0.3, -0.25) is 9.78 Å². The SMILES string of the molecule is O=C(/C=C/c1ccsc1)NCCc1nc(-c2ccccn2)cs1. The van der Waals surface area contributed by atoms with Crippen LogP contribution in [-0.4, -0.2) is 22.4 Å². The van der Waals surface area contributed by atoms with Crippen LogP contribution in [0.2, 0.25) is 0 Å². The number of hydrogen-bond donors (Lipinski definition) is 1. The molecule has 0 aromatic carbocycles. The van der Waals surface area contributed by atoms with Crippen molar-refractivity contribution in [1.29, 1.82) is 0 Å². The molecule has 6 heteroatoms. The molecule has 3 aromatic rings. The number of nitrogens with zero attached hydrogens (tertiary/aromatic N) is 2. The minimum Gasteiger partial charge on any atom is -0.352 e. The maximum Gasteiger partial charge on any atom is 0.244 e. The molecule has 3 rings (SSSR count). The molecule has 4 nitrogen and oxygen atoms in total. The molecule has 1 amide bonds. The molecule has 3 heterocycles. The molecule has 0 unspecified atom stereocenters. The molecule has 0 bridgehead atoms. The fourth-order valence-corrected chi connectivity index (χ4v) is 3.37. The van der Waals surface area contributed by atoms with Crippen LogP contribution in [0.1, 0.15) is 10.6 Å². The van der Waals surface area contributed by atoms with E-state index in [0.29, 0.717) is 6.54 Å². The van der Waals surface area contributed by atoms with E-state index in [4.69, 9.17) is 0 Å². The Hall–Kier alpha value is -2.31. The molecular formula is C17H15N3OS2. The van der Waals surface area contributed by atoms with E-state index >= 15 is 0 Å². The lowest BCUT2D eigenvalue weighted by atomic mass is 10.3. The molecule has 0 fully saturated rings. The number of amides is 1. The maximum absolute atomic E-state index is 11.7. The van der Waals surface area contributed by atoms with Crippen LogP contribution in [0.4, 0.5) is 0 Å². The van der Waals surface area contributed by atoms with E-state index in [2.05, 4.69) is 15.3 Å². The van der Waals surface area contributed by atoms with Gasteiger partial charge in [0.2, 0.25) is 5.91 Å². The largest absolute Gasteiger partial charge is 0.352 e. The van der Waals surface area contributed by atoms with Gasteiger partial charge in [-0.05, 0) is 40.6 Å². The summed E-state index contributed by atoms with van der Waals surface area (Å²) in [5.41, 5.74) is 2.80. The average molecular weight is 341 g/mol. The lowest BCUT2D eigenvalue weighted by Gasteiger charge is -1.99. The van der Waals surface area contributed by atoms with Gasteiger partial charge in [-0.2, -0.15) is 11.3 Å². The Balaban J connectivity index is 1.48. The third-order valence-electron chi connectivity index (χ3n) is 3.09. The molecule has 0 radical (unpaired) electrons. The molecule has 0 atom stereocenters. The third kappa shape index (κ3) is 4.58. The Kier molecular flexibility index (Phi) is 5.29. The number of carbonyl (C=O) groups is 1. The van der Waals surface area contributed by atoms with Gasteiger partial charge in [-0.15, -0.1) is 11.3 Å². The summed E-state index contributed by atoms with van der Waals surface area (Å²) in [6.07, 6.45) is 5.85. The fourth-order valence-electron chi connectivity index (χ4n) is 1.95. The van der Waals surface area contributed by atoms with E-state index in [1.54, 1.807) is 34.9 Å². The number of nitrogens with one attached hydrogen (secondary N) is 1. The number of thiophene rings is 1. The zero-order valence-corrected chi connectivity index (χ0v) is 13.9. The number of aromatic nitrogens is 2. The van der Waals surface area contributed by atoms with Gasteiger partial charge in [0, 0.05) is 30.6 Å². The van der Waals surface area contributed by atoms with Gasteiger partial charge in [-0.1, -0.05) is 6.07 Å². The first-order valence-corrected chi connectivity index (χ1v) is 8.97. The number of rotatable bonds is 6. The molecule has 0 saturated carbocycles. The third-order valence-corrected chi connectivity index (χ3v) is 4.70. The number of hydrogen-bond acceptors (Lipinski definition) is 5. The highest BCUT2D eigenvalue weighted by molar-refractivity contribution is 7.10. The van der Waals surface area contributed by atoms with Crippen LogP contribution in [0.15, 0.2) is 52.7 Å². The number of pyridine rings is 1. The van der Waals surface area contributed by atoms with Crippen molar-refractivity contribution in [3.05, 3.63) is 63.2 Å². The van der Waals surface area contributed by atoms with Gasteiger partial charge >= 0.3 is 0 Å². The summed E-state index contributed by atoms with van der Waals surface area (Å²) in [5, 5.41) is 9.84. The van der Waals surface area contributed by atoms with Crippen LogP contribution in [0.25, 0.3) is 17.5 Å². The topological polar surface area (TPSA) is 54.9 Å². The zero-order chi connectivity index (χ0) is 15.9. The van der Waals surface area contributed by atoms with Gasteiger partial charge in [-0.25, -0.2) is 4.98 Å². The predicted octanol–water partition coefficient (Wildman–Crippen LogP) is 3.64. The van der Waals surface area contributed by atoms with E-state index in [0.717, 1.165) is 28.4 Å². The number of thiazole rings is 1. The molecule has 0 aliphatic heterocycles. The van der Waals surface area contributed by atoms with Gasteiger partial charge in [0.25, 0.3) is 0 Å². The summed E-state index contributed by atoms with van der Waals surface area (Å²) in [5.74, 6) is -0.0855. The summed E-state index contributed by atoms with van der Waals surface area (Å²) in [4.78, 5) is 20.6. The van der Waals surface area contributed by atoms with Crippen LogP contribution in [-0.2, 0) is 11.2 Å². The Labute approximate surface area is 142 Å². The van der Waals surface area contributed by atoms with Crippen molar-refractivity contribution in [1.82, 2.24) is 15.3 Å². The maximum atomic E-state index is 11.7. The fraction of sp³-hybridized carbons (Fsp3) is 0.118. The summed E-state index contributed by atoms with van der Waals surface area (Å²) in [6, 6.07) is 7.75. The lowest BCUT2D eigenvalue weighted by molar-refractivity contribution is -0.116. The second-order valence-electron chi connectivity index (χ2n) is 4.77. The second-order valence-corrected chi connectivity index (χ2v) is 6.50. The Morgan fingerprint density at radius 2 is 2.17 bits per heavy atom. The van der Waals surface area contributed by atoms with E-state index in [-0.39, 0.29) is 5.91 Å². The van der Waals surface area contributed by atoms with Crippen molar-refractivity contribution in [3.8, 4) is 11.4 Å². The summed E-state index contributed by atoms with van der Waals surface area (Å²) < 4.78 is 0. The van der Waals surface area contributed by atoms with Crippen molar-refractivity contribution in [3.63, 3.8) is 0 Å². The molecule has 0 saturated heterocycles. The van der Waals surface area contributed by atoms with Crippen molar-refractivity contribution >= 4 is 34.7 Å². The van der Waals surface area contributed by atoms with E-state index in [1.807, 2.05) is 46.5 Å². The van der Waals surface area contributed by atoms with Crippen molar-refractivity contribution in [2.45, 2.75) is 6.42 Å². The monoisotopic (exact) mass is 341 g/mol. The average Bonchev–Trinajstić information content (AvgIpc) is 3.26. The van der Waals surface area contributed by atoms with Crippen molar-refractivity contribution in [2.75, 3.05) is 6.54 Å². The molecular weight excluding hydrogens is 326 g/mol. The van der Waals surface area contributed by atoms with Crippen LogP contribution >= 0.6 is 22.7 Å². The van der Waals surface area contributed by atoms with Gasteiger partial charge < -0.3 is 5.32 Å². The van der Waals surface area contributed by atoms with Crippen molar-refractivity contribution < 1.29 is 4.79 Å². The Bertz CT molecular complexity index is 779. The predicted molar refractivity (Wildman–Crippen MR) is 95.4 cm³/mol.